The van der Waals surface area contributed by atoms with Gasteiger partial charge in [-0.05, 0) is 18.6 Å². The third-order valence-electron chi connectivity index (χ3n) is 4.10. The normalized spacial score (nSPS) is 19.4. The number of benzene rings is 1. The van der Waals surface area contributed by atoms with Gasteiger partial charge in [-0.1, -0.05) is 18.2 Å². The highest BCUT2D eigenvalue weighted by Gasteiger charge is 2.35. The van der Waals surface area contributed by atoms with Crippen LogP contribution in [0.1, 0.15) is 12.5 Å². The van der Waals surface area contributed by atoms with Crippen LogP contribution in [-0.2, 0) is 10.0 Å². The second kappa shape index (κ2) is 5.39. The van der Waals surface area contributed by atoms with E-state index in [2.05, 4.69) is 15.2 Å². The Hall–Kier alpha value is -2.32. The lowest BCUT2D eigenvalue weighted by Gasteiger charge is -2.17. The fourth-order valence-corrected chi connectivity index (χ4v) is 4.61. The number of para-hydroxylation sites is 1. The Morgan fingerprint density at radius 1 is 1.04 bits per heavy atom. The molecule has 1 saturated heterocycles. The van der Waals surface area contributed by atoms with Gasteiger partial charge in [0, 0.05) is 24.7 Å². The second-order valence-corrected chi connectivity index (χ2v) is 7.39. The van der Waals surface area contributed by atoms with Crippen molar-refractivity contribution in [1.29, 1.82) is 0 Å². The molecule has 0 amide bonds. The SMILES string of the molecule is O=S(=O)(c1cccc2cccnc12)N1CC[C@@H](n2nccn2)C1. The molecular formula is C15H15N5O2S. The van der Waals surface area contributed by atoms with Crippen LogP contribution in [0.15, 0.2) is 53.8 Å². The molecule has 2 aromatic heterocycles. The summed E-state index contributed by atoms with van der Waals surface area (Å²) in [6.45, 7) is 0.831. The molecule has 3 heterocycles. The minimum Gasteiger partial charge on any atom is -0.255 e. The predicted molar refractivity (Wildman–Crippen MR) is 84.2 cm³/mol. The van der Waals surface area contributed by atoms with Crippen molar-refractivity contribution in [3.8, 4) is 0 Å². The van der Waals surface area contributed by atoms with Gasteiger partial charge in [0.1, 0.15) is 4.90 Å². The lowest BCUT2D eigenvalue weighted by molar-refractivity contribution is 0.402. The van der Waals surface area contributed by atoms with Crippen molar-refractivity contribution in [2.24, 2.45) is 0 Å². The smallest absolute Gasteiger partial charge is 0.245 e. The zero-order valence-corrected chi connectivity index (χ0v) is 13.1. The lowest BCUT2D eigenvalue weighted by atomic mass is 10.2. The number of pyridine rings is 1. The van der Waals surface area contributed by atoms with Crippen LogP contribution in [-0.4, -0.2) is 45.8 Å². The highest BCUT2D eigenvalue weighted by molar-refractivity contribution is 7.89. The molecule has 0 N–H and O–H groups in total. The van der Waals surface area contributed by atoms with E-state index in [0.717, 1.165) is 5.39 Å². The summed E-state index contributed by atoms with van der Waals surface area (Å²) in [5, 5.41) is 9.04. The van der Waals surface area contributed by atoms with Crippen LogP contribution in [0.25, 0.3) is 10.9 Å². The maximum absolute atomic E-state index is 13.0. The fourth-order valence-electron chi connectivity index (χ4n) is 2.96. The predicted octanol–water partition coefficient (Wildman–Crippen LogP) is 1.46. The zero-order valence-electron chi connectivity index (χ0n) is 12.3. The van der Waals surface area contributed by atoms with E-state index in [-0.39, 0.29) is 10.9 Å². The molecule has 0 spiro atoms. The number of hydrogen-bond donors (Lipinski definition) is 0. The van der Waals surface area contributed by atoms with Crippen molar-refractivity contribution in [2.45, 2.75) is 17.4 Å². The summed E-state index contributed by atoms with van der Waals surface area (Å²) >= 11 is 0. The van der Waals surface area contributed by atoms with Crippen molar-refractivity contribution in [3.05, 3.63) is 48.9 Å². The minimum absolute atomic E-state index is 0.0253. The maximum Gasteiger partial charge on any atom is 0.245 e. The summed E-state index contributed by atoms with van der Waals surface area (Å²) in [7, 11) is -3.59. The second-order valence-electron chi connectivity index (χ2n) is 5.49. The van der Waals surface area contributed by atoms with Gasteiger partial charge in [0.25, 0.3) is 0 Å². The van der Waals surface area contributed by atoms with Crippen LogP contribution in [0.2, 0.25) is 0 Å². The minimum atomic E-state index is -3.59. The van der Waals surface area contributed by atoms with E-state index in [4.69, 9.17) is 0 Å². The van der Waals surface area contributed by atoms with Crippen molar-refractivity contribution in [1.82, 2.24) is 24.3 Å². The van der Waals surface area contributed by atoms with E-state index in [1.807, 2.05) is 12.1 Å². The molecule has 0 radical (unpaired) electrons. The molecule has 0 aliphatic carbocycles. The molecule has 1 aliphatic rings. The van der Waals surface area contributed by atoms with Gasteiger partial charge in [0.05, 0.1) is 24.0 Å². The summed E-state index contributed by atoms with van der Waals surface area (Å²) in [4.78, 5) is 6.09. The molecule has 1 aromatic carbocycles. The quantitative estimate of drug-likeness (QED) is 0.727. The third kappa shape index (κ3) is 2.40. The molecule has 0 unspecified atom stereocenters. The Morgan fingerprint density at radius 3 is 2.65 bits per heavy atom. The molecular weight excluding hydrogens is 314 g/mol. The molecule has 23 heavy (non-hydrogen) atoms. The molecule has 1 fully saturated rings. The van der Waals surface area contributed by atoms with Crippen molar-refractivity contribution < 1.29 is 8.42 Å². The van der Waals surface area contributed by atoms with Crippen LogP contribution in [0.4, 0.5) is 0 Å². The molecule has 4 rings (SSSR count). The van der Waals surface area contributed by atoms with Crippen LogP contribution >= 0.6 is 0 Å². The summed E-state index contributed by atoms with van der Waals surface area (Å²) in [5.74, 6) is 0. The van der Waals surface area contributed by atoms with E-state index in [1.54, 1.807) is 41.6 Å². The Kier molecular flexibility index (Phi) is 3.35. The Morgan fingerprint density at radius 2 is 1.83 bits per heavy atom. The first-order valence-corrected chi connectivity index (χ1v) is 8.80. The van der Waals surface area contributed by atoms with Gasteiger partial charge in [-0.2, -0.15) is 19.3 Å². The monoisotopic (exact) mass is 329 g/mol. The van der Waals surface area contributed by atoms with Gasteiger partial charge in [0.2, 0.25) is 10.0 Å². The maximum atomic E-state index is 13.0. The Balaban J connectivity index is 1.70. The average Bonchev–Trinajstić information content (AvgIpc) is 3.25. The van der Waals surface area contributed by atoms with Crippen molar-refractivity contribution in [3.63, 3.8) is 0 Å². The molecule has 0 bridgehead atoms. The van der Waals surface area contributed by atoms with Crippen LogP contribution in [0.3, 0.4) is 0 Å². The van der Waals surface area contributed by atoms with Gasteiger partial charge >= 0.3 is 0 Å². The summed E-state index contributed by atoms with van der Waals surface area (Å²) in [5.41, 5.74) is 0.510. The molecule has 1 aliphatic heterocycles. The fraction of sp³-hybridized carbons (Fsp3) is 0.267. The molecule has 0 saturated carbocycles. The van der Waals surface area contributed by atoms with E-state index in [1.165, 1.54) is 4.31 Å². The lowest BCUT2D eigenvalue weighted by Crippen LogP contribution is -2.29. The topological polar surface area (TPSA) is 81.0 Å². The number of aromatic nitrogens is 4. The Labute approximate surface area is 133 Å². The number of sulfonamides is 1. The van der Waals surface area contributed by atoms with Crippen LogP contribution in [0, 0.1) is 0 Å². The molecule has 8 heteroatoms. The standard InChI is InChI=1S/C15H15N5O2S/c21-23(22,14-5-1-3-12-4-2-7-16-15(12)14)19-10-6-13(11-19)20-17-8-9-18-20/h1-5,7-9,13H,6,10-11H2/t13-/m1/s1. The van der Waals surface area contributed by atoms with E-state index in [9.17, 15) is 8.42 Å². The summed E-state index contributed by atoms with van der Waals surface area (Å²) < 4.78 is 27.5. The van der Waals surface area contributed by atoms with Crippen LogP contribution < -0.4 is 0 Å². The number of rotatable bonds is 3. The van der Waals surface area contributed by atoms with Gasteiger partial charge in [-0.3, -0.25) is 4.98 Å². The first-order valence-electron chi connectivity index (χ1n) is 7.36. The van der Waals surface area contributed by atoms with Crippen LogP contribution in [0.5, 0.6) is 0 Å². The average molecular weight is 329 g/mol. The highest BCUT2D eigenvalue weighted by atomic mass is 32.2. The first-order chi connectivity index (χ1) is 11.2. The van der Waals surface area contributed by atoms with Crippen molar-refractivity contribution in [2.75, 3.05) is 13.1 Å². The largest absolute Gasteiger partial charge is 0.255 e. The highest BCUT2D eigenvalue weighted by Crippen LogP contribution is 2.29. The first kappa shape index (κ1) is 14.3. The third-order valence-corrected chi connectivity index (χ3v) is 6.00. The summed E-state index contributed by atoms with van der Waals surface area (Å²) in [6.07, 6.45) is 5.52. The van der Waals surface area contributed by atoms with Gasteiger partial charge in [-0.15, -0.1) is 0 Å². The zero-order chi connectivity index (χ0) is 15.9. The number of hydrogen-bond acceptors (Lipinski definition) is 5. The molecule has 1 atom stereocenters. The van der Waals surface area contributed by atoms with Gasteiger partial charge in [-0.25, -0.2) is 8.42 Å². The number of fused-ring (bicyclic) bond motifs is 1. The van der Waals surface area contributed by atoms with E-state index >= 15 is 0 Å². The van der Waals surface area contributed by atoms with E-state index < -0.39 is 10.0 Å². The molecule has 7 nitrogen and oxygen atoms in total. The number of nitrogens with zero attached hydrogens (tertiary/aromatic N) is 5. The van der Waals surface area contributed by atoms with E-state index in [0.29, 0.717) is 25.0 Å². The van der Waals surface area contributed by atoms with Crippen molar-refractivity contribution >= 4 is 20.9 Å². The summed E-state index contributed by atoms with van der Waals surface area (Å²) in [6, 6.07) is 8.86. The molecule has 118 valence electrons. The van der Waals surface area contributed by atoms with Gasteiger partial charge < -0.3 is 0 Å². The molecule has 3 aromatic rings. The Bertz CT molecular complexity index is 934. The van der Waals surface area contributed by atoms with Gasteiger partial charge in [0.15, 0.2) is 0 Å².